The molecular weight excluding hydrogens is 370 g/mol. The molecule has 4 rings (SSSR count). The van der Waals surface area contributed by atoms with Gasteiger partial charge in [0, 0.05) is 23.3 Å². The lowest BCUT2D eigenvalue weighted by molar-refractivity contribution is 0.471. The third-order valence-electron chi connectivity index (χ3n) is 4.55. The first-order chi connectivity index (χ1) is 14.7. The van der Waals surface area contributed by atoms with Crippen molar-refractivity contribution in [1.82, 2.24) is 9.97 Å². The van der Waals surface area contributed by atoms with Crippen LogP contribution in [0.3, 0.4) is 0 Å². The standard InChI is InChI=1S/C22H19N3O.2C2H6/c1-15-7-2-3-9-17(15)21(25-19-10-4-5-13-23-19)18-12-11-16-8-6-14-24-20(16)22(18)26;2*1-2/h2-14,21,26H,1H3,(H,23,25);2*1-2H3. The van der Waals surface area contributed by atoms with Crippen LogP contribution in [0.4, 0.5) is 5.82 Å². The van der Waals surface area contributed by atoms with Gasteiger partial charge in [-0.05, 0) is 36.2 Å². The average molecular weight is 402 g/mol. The second-order valence-electron chi connectivity index (χ2n) is 6.23. The number of phenolic OH excluding ortho intramolecular Hbond substituents is 1. The van der Waals surface area contributed by atoms with Crippen LogP contribution in [0.2, 0.25) is 0 Å². The molecule has 0 aliphatic rings. The van der Waals surface area contributed by atoms with Gasteiger partial charge in [0.2, 0.25) is 0 Å². The number of fused-ring (bicyclic) bond motifs is 1. The molecular formula is C26H31N3O. The lowest BCUT2D eigenvalue weighted by Gasteiger charge is -2.23. The van der Waals surface area contributed by atoms with Crippen molar-refractivity contribution in [2.75, 3.05) is 5.32 Å². The van der Waals surface area contributed by atoms with Crippen molar-refractivity contribution in [2.24, 2.45) is 0 Å². The minimum Gasteiger partial charge on any atom is -0.505 e. The van der Waals surface area contributed by atoms with Crippen LogP contribution in [-0.4, -0.2) is 15.1 Å². The third-order valence-corrected chi connectivity index (χ3v) is 4.55. The van der Waals surface area contributed by atoms with E-state index in [0.717, 1.165) is 27.9 Å². The Labute approximate surface area is 179 Å². The fraction of sp³-hybridized carbons (Fsp3) is 0.231. The molecule has 4 nitrogen and oxygen atoms in total. The molecule has 1 atom stereocenters. The number of hydrogen-bond acceptors (Lipinski definition) is 4. The molecule has 0 fully saturated rings. The van der Waals surface area contributed by atoms with Crippen molar-refractivity contribution >= 4 is 16.7 Å². The molecule has 4 aromatic rings. The van der Waals surface area contributed by atoms with Crippen LogP contribution in [0.5, 0.6) is 5.75 Å². The Bertz CT molecular complexity index is 1050. The highest BCUT2D eigenvalue weighted by Crippen LogP contribution is 2.37. The second kappa shape index (κ2) is 11.6. The van der Waals surface area contributed by atoms with Gasteiger partial charge in [0.25, 0.3) is 0 Å². The first-order valence-electron chi connectivity index (χ1n) is 10.5. The minimum atomic E-state index is -0.238. The summed E-state index contributed by atoms with van der Waals surface area (Å²) < 4.78 is 0. The molecule has 0 radical (unpaired) electrons. The molecule has 2 N–H and O–H groups in total. The molecule has 2 heterocycles. The number of nitrogens with zero attached hydrogens (tertiary/aromatic N) is 2. The van der Waals surface area contributed by atoms with E-state index in [1.807, 2.05) is 82.3 Å². The molecule has 1 unspecified atom stereocenters. The van der Waals surface area contributed by atoms with Crippen molar-refractivity contribution in [3.63, 3.8) is 0 Å². The van der Waals surface area contributed by atoms with Crippen LogP contribution >= 0.6 is 0 Å². The van der Waals surface area contributed by atoms with E-state index >= 15 is 0 Å². The van der Waals surface area contributed by atoms with Gasteiger partial charge in [-0.2, -0.15) is 0 Å². The van der Waals surface area contributed by atoms with Crippen LogP contribution in [0.15, 0.2) is 79.1 Å². The Kier molecular flexibility index (Phi) is 8.82. The molecule has 2 aromatic carbocycles. The van der Waals surface area contributed by atoms with E-state index in [2.05, 4.69) is 34.3 Å². The van der Waals surface area contributed by atoms with Crippen molar-refractivity contribution in [3.8, 4) is 5.75 Å². The maximum Gasteiger partial charge on any atom is 0.147 e. The third kappa shape index (κ3) is 5.15. The number of benzene rings is 2. The molecule has 0 spiro atoms. The number of aromatic nitrogens is 2. The van der Waals surface area contributed by atoms with Gasteiger partial charge >= 0.3 is 0 Å². The van der Waals surface area contributed by atoms with Gasteiger partial charge in [0.15, 0.2) is 0 Å². The van der Waals surface area contributed by atoms with E-state index in [0.29, 0.717) is 5.52 Å². The number of aryl methyl sites for hydroxylation is 1. The highest BCUT2D eigenvalue weighted by molar-refractivity contribution is 5.86. The quantitative estimate of drug-likeness (QED) is 0.390. The highest BCUT2D eigenvalue weighted by Gasteiger charge is 2.21. The number of nitrogens with one attached hydrogen (secondary N) is 1. The van der Waals surface area contributed by atoms with E-state index in [-0.39, 0.29) is 11.8 Å². The molecule has 156 valence electrons. The molecule has 0 aliphatic carbocycles. The summed E-state index contributed by atoms with van der Waals surface area (Å²) in [6.45, 7) is 10.1. The zero-order valence-corrected chi connectivity index (χ0v) is 18.4. The van der Waals surface area contributed by atoms with E-state index in [1.165, 1.54) is 0 Å². The Morgan fingerprint density at radius 1 is 0.733 bits per heavy atom. The van der Waals surface area contributed by atoms with Crippen LogP contribution in [0.25, 0.3) is 10.9 Å². The van der Waals surface area contributed by atoms with Gasteiger partial charge in [-0.25, -0.2) is 4.98 Å². The maximum atomic E-state index is 10.9. The SMILES string of the molecule is CC.CC.Cc1ccccc1C(Nc1ccccn1)c1ccc2cccnc2c1O. The van der Waals surface area contributed by atoms with Crippen LogP contribution in [0, 0.1) is 6.92 Å². The number of hydrogen-bond donors (Lipinski definition) is 2. The van der Waals surface area contributed by atoms with Crippen molar-refractivity contribution in [2.45, 2.75) is 40.7 Å². The topological polar surface area (TPSA) is 58.0 Å². The van der Waals surface area contributed by atoms with Gasteiger partial charge in [0.05, 0.1) is 6.04 Å². The van der Waals surface area contributed by atoms with Crippen LogP contribution in [-0.2, 0) is 0 Å². The summed E-state index contributed by atoms with van der Waals surface area (Å²) in [5, 5.41) is 15.3. The molecule has 4 heteroatoms. The zero-order valence-electron chi connectivity index (χ0n) is 18.4. The van der Waals surface area contributed by atoms with Gasteiger partial charge in [-0.15, -0.1) is 0 Å². The molecule has 0 saturated heterocycles. The van der Waals surface area contributed by atoms with Crippen LogP contribution in [0.1, 0.15) is 50.4 Å². The van der Waals surface area contributed by atoms with Gasteiger partial charge < -0.3 is 10.4 Å². The van der Waals surface area contributed by atoms with Crippen molar-refractivity contribution in [3.05, 3.63) is 95.8 Å². The predicted molar refractivity (Wildman–Crippen MR) is 127 cm³/mol. The largest absolute Gasteiger partial charge is 0.505 e. The summed E-state index contributed by atoms with van der Waals surface area (Å²) in [7, 11) is 0. The van der Waals surface area contributed by atoms with Crippen LogP contribution < -0.4 is 5.32 Å². The fourth-order valence-corrected chi connectivity index (χ4v) is 3.21. The van der Waals surface area contributed by atoms with E-state index in [1.54, 1.807) is 12.4 Å². The summed E-state index contributed by atoms with van der Waals surface area (Å²) in [4.78, 5) is 8.74. The maximum absolute atomic E-state index is 10.9. The first kappa shape index (κ1) is 22.9. The minimum absolute atomic E-state index is 0.194. The van der Waals surface area contributed by atoms with Crippen molar-refractivity contribution < 1.29 is 5.11 Å². The Balaban J connectivity index is 0.000000757. The zero-order chi connectivity index (χ0) is 21.9. The van der Waals surface area contributed by atoms with E-state index < -0.39 is 0 Å². The number of anilines is 1. The lowest BCUT2D eigenvalue weighted by atomic mass is 9.93. The summed E-state index contributed by atoms with van der Waals surface area (Å²) in [5.41, 5.74) is 3.60. The number of phenols is 1. The van der Waals surface area contributed by atoms with Gasteiger partial charge in [0.1, 0.15) is 17.1 Å². The van der Waals surface area contributed by atoms with Crippen molar-refractivity contribution in [1.29, 1.82) is 0 Å². The summed E-state index contributed by atoms with van der Waals surface area (Å²) >= 11 is 0. The molecule has 0 amide bonds. The fourth-order valence-electron chi connectivity index (χ4n) is 3.21. The number of aromatic hydroxyl groups is 1. The van der Waals surface area contributed by atoms with Gasteiger partial charge in [-0.3, -0.25) is 4.98 Å². The Morgan fingerprint density at radius 2 is 1.43 bits per heavy atom. The Morgan fingerprint density at radius 3 is 2.13 bits per heavy atom. The number of pyridine rings is 2. The summed E-state index contributed by atoms with van der Waals surface area (Å²) in [6.07, 6.45) is 3.44. The summed E-state index contributed by atoms with van der Waals surface area (Å²) in [5.74, 6) is 0.945. The molecule has 0 bridgehead atoms. The average Bonchev–Trinajstić information content (AvgIpc) is 2.82. The summed E-state index contributed by atoms with van der Waals surface area (Å²) in [6, 6.07) is 21.4. The monoisotopic (exact) mass is 401 g/mol. The predicted octanol–water partition coefficient (Wildman–Crippen LogP) is 6.90. The molecule has 0 saturated carbocycles. The molecule has 30 heavy (non-hydrogen) atoms. The van der Waals surface area contributed by atoms with E-state index in [9.17, 15) is 5.11 Å². The lowest BCUT2D eigenvalue weighted by Crippen LogP contribution is -2.14. The highest BCUT2D eigenvalue weighted by atomic mass is 16.3. The molecule has 2 aromatic heterocycles. The first-order valence-corrected chi connectivity index (χ1v) is 10.5. The van der Waals surface area contributed by atoms with E-state index in [4.69, 9.17) is 0 Å². The molecule has 0 aliphatic heterocycles. The smallest absolute Gasteiger partial charge is 0.147 e. The second-order valence-corrected chi connectivity index (χ2v) is 6.23. The normalized spacial score (nSPS) is 10.8. The van der Waals surface area contributed by atoms with Gasteiger partial charge in [-0.1, -0.05) is 76.2 Å². The number of rotatable bonds is 4. The Hall–Kier alpha value is -3.40.